The Kier molecular flexibility index (Phi) is 2.99. The molecular formula is C16H22N4O2. The maximum Gasteiger partial charge on any atom is 0.414 e. The summed E-state index contributed by atoms with van der Waals surface area (Å²) in [6, 6.07) is 2.00. The van der Waals surface area contributed by atoms with Crippen LogP contribution >= 0.6 is 0 Å². The van der Waals surface area contributed by atoms with Crippen LogP contribution in [-0.4, -0.2) is 32.8 Å². The molecule has 2 aromatic rings. The minimum Gasteiger partial charge on any atom is -0.443 e. The maximum absolute atomic E-state index is 12.6. The van der Waals surface area contributed by atoms with Gasteiger partial charge in [0, 0.05) is 12.0 Å². The molecule has 1 amide bonds. The molecule has 0 fully saturated rings. The molecule has 0 N–H and O–H groups in total. The van der Waals surface area contributed by atoms with Crippen molar-refractivity contribution in [2.24, 2.45) is 0 Å². The number of aromatic nitrogens is 3. The average molecular weight is 302 g/mol. The van der Waals surface area contributed by atoms with Crippen LogP contribution < -0.4 is 4.90 Å². The van der Waals surface area contributed by atoms with Gasteiger partial charge in [0.15, 0.2) is 5.65 Å². The fourth-order valence-corrected chi connectivity index (χ4v) is 2.99. The molecule has 0 atom stereocenters. The summed E-state index contributed by atoms with van der Waals surface area (Å²) in [5.41, 5.74) is 2.94. The smallest absolute Gasteiger partial charge is 0.414 e. The first-order chi connectivity index (χ1) is 10.1. The van der Waals surface area contributed by atoms with Gasteiger partial charge in [0.05, 0.1) is 11.4 Å². The fraction of sp³-hybridized carbons (Fsp3) is 0.562. The highest BCUT2D eigenvalue weighted by Gasteiger charge is 2.42. The highest BCUT2D eigenvalue weighted by Crippen LogP contribution is 2.41. The Labute approximate surface area is 130 Å². The highest BCUT2D eigenvalue weighted by atomic mass is 16.6. The van der Waals surface area contributed by atoms with E-state index in [-0.39, 0.29) is 11.5 Å². The summed E-state index contributed by atoms with van der Waals surface area (Å²) in [7, 11) is 0. The summed E-state index contributed by atoms with van der Waals surface area (Å²) in [5.74, 6) is 0. The van der Waals surface area contributed by atoms with Crippen LogP contribution in [0.3, 0.4) is 0 Å². The number of ether oxygens (including phenoxy) is 1. The number of nitrogens with zero attached hydrogens (tertiary/aromatic N) is 4. The number of carbonyl (C=O) groups is 1. The maximum atomic E-state index is 12.6. The summed E-state index contributed by atoms with van der Waals surface area (Å²) in [5, 5.41) is 4.34. The van der Waals surface area contributed by atoms with E-state index in [1.54, 1.807) is 11.2 Å². The Bertz CT molecular complexity index is 755. The van der Waals surface area contributed by atoms with E-state index >= 15 is 0 Å². The van der Waals surface area contributed by atoms with E-state index in [1.165, 1.54) is 0 Å². The van der Waals surface area contributed by atoms with Crippen LogP contribution in [0, 0.1) is 6.92 Å². The molecule has 2 aromatic heterocycles. The number of hydrogen-bond acceptors (Lipinski definition) is 4. The lowest BCUT2D eigenvalue weighted by molar-refractivity contribution is 0.0579. The van der Waals surface area contributed by atoms with E-state index in [9.17, 15) is 4.79 Å². The Morgan fingerprint density at radius 2 is 2.05 bits per heavy atom. The van der Waals surface area contributed by atoms with Gasteiger partial charge in [-0.2, -0.15) is 5.10 Å². The van der Waals surface area contributed by atoms with E-state index in [0.29, 0.717) is 6.54 Å². The predicted molar refractivity (Wildman–Crippen MR) is 84.3 cm³/mol. The average Bonchev–Trinajstić information content (AvgIpc) is 2.90. The summed E-state index contributed by atoms with van der Waals surface area (Å²) < 4.78 is 7.39. The number of amides is 1. The molecule has 6 heteroatoms. The Balaban J connectivity index is 2.14. The van der Waals surface area contributed by atoms with E-state index < -0.39 is 5.60 Å². The van der Waals surface area contributed by atoms with Gasteiger partial charge >= 0.3 is 6.09 Å². The number of fused-ring (bicyclic) bond motifs is 3. The second-order valence-corrected chi connectivity index (χ2v) is 7.51. The molecular weight excluding hydrogens is 280 g/mol. The molecule has 0 aromatic carbocycles. The summed E-state index contributed by atoms with van der Waals surface area (Å²) >= 11 is 0. The first kappa shape index (κ1) is 14.8. The van der Waals surface area contributed by atoms with E-state index in [2.05, 4.69) is 23.9 Å². The van der Waals surface area contributed by atoms with Crippen LogP contribution in [0.4, 0.5) is 10.5 Å². The molecule has 0 saturated carbocycles. The molecule has 0 saturated heterocycles. The van der Waals surface area contributed by atoms with Gasteiger partial charge < -0.3 is 4.74 Å². The van der Waals surface area contributed by atoms with E-state index in [1.807, 2.05) is 38.3 Å². The van der Waals surface area contributed by atoms with Crippen molar-refractivity contribution >= 4 is 17.4 Å². The zero-order valence-electron chi connectivity index (χ0n) is 14.0. The second-order valence-electron chi connectivity index (χ2n) is 7.51. The van der Waals surface area contributed by atoms with Crippen molar-refractivity contribution in [2.45, 2.75) is 52.6 Å². The lowest BCUT2D eigenvalue weighted by Crippen LogP contribution is -2.38. The first-order valence-corrected chi connectivity index (χ1v) is 7.44. The van der Waals surface area contributed by atoms with Gasteiger partial charge in [0.2, 0.25) is 0 Å². The summed E-state index contributed by atoms with van der Waals surface area (Å²) in [4.78, 5) is 18.6. The third-order valence-corrected chi connectivity index (χ3v) is 3.81. The zero-order chi connectivity index (χ0) is 16.3. The molecule has 3 heterocycles. The van der Waals surface area contributed by atoms with Gasteiger partial charge in [-0.1, -0.05) is 13.8 Å². The lowest BCUT2D eigenvalue weighted by Gasteiger charge is -2.25. The number of hydrogen-bond donors (Lipinski definition) is 0. The third kappa shape index (κ3) is 2.23. The molecule has 1 aliphatic rings. The number of anilines is 1. The monoisotopic (exact) mass is 302 g/mol. The van der Waals surface area contributed by atoms with Crippen molar-refractivity contribution in [3.63, 3.8) is 0 Å². The third-order valence-electron chi connectivity index (χ3n) is 3.81. The Hall–Kier alpha value is -2.11. The molecule has 0 bridgehead atoms. The summed E-state index contributed by atoms with van der Waals surface area (Å²) in [6.45, 7) is 12.4. The molecule has 0 radical (unpaired) electrons. The van der Waals surface area contributed by atoms with Crippen LogP contribution in [0.15, 0.2) is 12.4 Å². The SMILES string of the molecule is Cc1cc2c(n3ncnc13)C(C)(C)CN2C(=O)OC(C)(C)C. The van der Waals surface area contributed by atoms with Gasteiger partial charge in [-0.3, -0.25) is 4.90 Å². The van der Waals surface area contributed by atoms with Gasteiger partial charge in [-0.15, -0.1) is 0 Å². The quantitative estimate of drug-likeness (QED) is 0.750. The predicted octanol–water partition coefficient (Wildman–Crippen LogP) is 3.07. The molecule has 118 valence electrons. The van der Waals surface area contributed by atoms with Gasteiger partial charge in [-0.25, -0.2) is 14.3 Å². The Morgan fingerprint density at radius 1 is 1.36 bits per heavy atom. The van der Waals surface area contributed by atoms with E-state index in [4.69, 9.17) is 4.74 Å². The normalized spacial score (nSPS) is 16.9. The van der Waals surface area contributed by atoms with Crippen molar-refractivity contribution < 1.29 is 9.53 Å². The Morgan fingerprint density at radius 3 is 2.68 bits per heavy atom. The zero-order valence-corrected chi connectivity index (χ0v) is 14.0. The van der Waals surface area contributed by atoms with Crippen molar-refractivity contribution in [3.8, 4) is 0 Å². The van der Waals surface area contributed by atoms with Crippen LogP contribution in [0.5, 0.6) is 0 Å². The fourth-order valence-electron chi connectivity index (χ4n) is 2.99. The number of carbonyl (C=O) groups excluding carboxylic acids is 1. The standard InChI is InChI=1S/C16H22N4O2/c1-10-7-11-12(20-13(10)17-9-18-20)16(5,6)8-19(11)14(21)22-15(2,3)4/h7,9H,8H2,1-6H3. The van der Waals surface area contributed by atoms with Crippen LogP contribution in [-0.2, 0) is 10.2 Å². The minimum atomic E-state index is -0.517. The van der Waals surface area contributed by atoms with Crippen molar-refractivity contribution in [3.05, 3.63) is 23.7 Å². The summed E-state index contributed by atoms with van der Waals surface area (Å²) in [6.07, 6.45) is 1.23. The van der Waals surface area contributed by atoms with Crippen LogP contribution in [0.2, 0.25) is 0 Å². The number of aryl methyl sites for hydroxylation is 1. The van der Waals surface area contributed by atoms with Gasteiger partial charge in [-0.05, 0) is 39.3 Å². The molecule has 0 spiro atoms. The van der Waals surface area contributed by atoms with Crippen LogP contribution in [0.1, 0.15) is 45.9 Å². The highest BCUT2D eigenvalue weighted by molar-refractivity contribution is 5.91. The van der Waals surface area contributed by atoms with Gasteiger partial charge in [0.1, 0.15) is 11.9 Å². The van der Waals surface area contributed by atoms with Crippen molar-refractivity contribution in [1.82, 2.24) is 14.6 Å². The first-order valence-electron chi connectivity index (χ1n) is 7.44. The molecule has 22 heavy (non-hydrogen) atoms. The number of rotatable bonds is 0. The number of pyridine rings is 1. The molecule has 6 nitrogen and oxygen atoms in total. The van der Waals surface area contributed by atoms with Crippen molar-refractivity contribution in [1.29, 1.82) is 0 Å². The molecule has 3 rings (SSSR count). The topological polar surface area (TPSA) is 59.7 Å². The molecule has 1 aliphatic heterocycles. The van der Waals surface area contributed by atoms with E-state index in [0.717, 1.165) is 22.6 Å². The second kappa shape index (κ2) is 4.44. The minimum absolute atomic E-state index is 0.216. The van der Waals surface area contributed by atoms with Gasteiger partial charge in [0.25, 0.3) is 0 Å². The lowest BCUT2D eigenvalue weighted by atomic mass is 9.91. The molecule has 0 aliphatic carbocycles. The van der Waals surface area contributed by atoms with Crippen LogP contribution in [0.25, 0.3) is 5.65 Å². The largest absolute Gasteiger partial charge is 0.443 e. The van der Waals surface area contributed by atoms with Crippen molar-refractivity contribution in [2.75, 3.05) is 11.4 Å². The molecule has 0 unspecified atom stereocenters.